The van der Waals surface area contributed by atoms with Gasteiger partial charge in [0.2, 0.25) is 0 Å². The number of carboxylic acid groups (broad SMARTS) is 1. The van der Waals surface area contributed by atoms with E-state index < -0.39 is 12.1 Å². The molecule has 1 aromatic rings. The Kier molecular flexibility index (Phi) is 5.73. The van der Waals surface area contributed by atoms with Gasteiger partial charge >= 0.3 is 24.8 Å². The third-order valence-electron chi connectivity index (χ3n) is 2.68. The van der Waals surface area contributed by atoms with Crippen molar-refractivity contribution < 1.29 is 14.6 Å². The van der Waals surface area contributed by atoms with Crippen molar-refractivity contribution in [2.75, 3.05) is 19.7 Å². The summed E-state index contributed by atoms with van der Waals surface area (Å²) in [6, 6.07) is 10.0. The fourth-order valence-electron chi connectivity index (χ4n) is 1.84. The van der Waals surface area contributed by atoms with Crippen LogP contribution in [0, 0.1) is 0 Å². The summed E-state index contributed by atoms with van der Waals surface area (Å²) >= 11 is 0. The molecule has 0 saturated carbocycles. The second-order valence-corrected chi connectivity index (χ2v) is 3.92. The molecule has 1 fully saturated rings. The van der Waals surface area contributed by atoms with E-state index in [1.54, 1.807) is 0 Å². The molecule has 2 rings (SSSR count). The van der Waals surface area contributed by atoms with Gasteiger partial charge in [-0.1, -0.05) is 30.3 Å². The van der Waals surface area contributed by atoms with Gasteiger partial charge in [-0.15, -0.1) is 0 Å². The van der Waals surface area contributed by atoms with Crippen molar-refractivity contribution in [2.24, 2.45) is 0 Å². The van der Waals surface area contributed by atoms with E-state index in [0.717, 1.165) is 13.1 Å². The SMILES string of the molecule is O=C(O)C1CN(Cc2ccccc2)CCO1.[LiH]. The number of rotatable bonds is 3. The number of carboxylic acids is 1. The summed E-state index contributed by atoms with van der Waals surface area (Å²) in [7, 11) is 0. The molecular weight excluding hydrogens is 213 g/mol. The molecule has 1 N–H and O–H groups in total. The molecule has 88 valence electrons. The van der Waals surface area contributed by atoms with Crippen LogP contribution in [-0.4, -0.2) is 60.6 Å². The summed E-state index contributed by atoms with van der Waals surface area (Å²) in [6.07, 6.45) is -0.683. The zero-order valence-corrected chi connectivity index (χ0v) is 9.00. The fraction of sp³-hybridized carbons (Fsp3) is 0.417. The van der Waals surface area contributed by atoms with Gasteiger partial charge in [0, 0.05) is 19.6 Å². The molecule has 1 aliphatic heterocycles. The van der Waals surface area contributed by atoms with E-state index in [1.807, 2.05) is 30.3 Å². The quantitative estimate of drug-likeness (QED) is 0.758. The fourth-order valence-corrected chi connectivity index (χ4v) is 1.84. The molecule has 1 aliphatic rings. The summed E-state index contributed by atoms with van der Waals surface area (Å²) in [5.41, 5.74) is 1.20. The molecule has 1 heterocycles. The Morgan fingerprint density at radius 1 is 1.41 bits per heavy atom. The average molecular weight is 229 g/mol. The van der Waals surface area contributed by atoms with Crippen molar-refractivity contribution in [3.05, 3.63) is 35.9 Å². The molecule has 0 spiro atoms. The third kappa shape index (κ3) is 4.17. The summed E-state index contributed by atoms with van der Waals surface area (Å²) < 4.78 is 5.17. The van der Waals surface area contributed by atoms with Gasteiger partial charge in [0.05, 0.1) is 6.61 Å². The minimum absolute atomic E-state index is 0. The number of hydrogen-bond donors (Lipinski definition) is 1. The molecule has 5 heteroatoms. The molecule has 1 saturated heterocycles. The zero-order chi connectivity index (χ0) is 11.4. The monoisotopic (exact) mass is 229 g/mol. The predicted molar refractivity (Wildman–Crippen MR) is 66.2 cm³/mol. The molecule has 0 amide bonds. The van der Waals surface area contributed by atoms with Crippen LogP contribution in [0.25, 0.3) is 0 Å². The summed E-state index contributed by atoms with van der Waals surface area (Å²) in [4.78, 5) is 12.9. The maximum atomic E-state index is 10.8. The van der Waals surface area contributed by atoms with Crippen molar-refractivity contribution in [1.82, 2.24) is 4.90 Å². The number of benzene rings is 1. The van der Waals surface area contributed by atoms with Crippen LogP contribution >= 0.6 is 0 Å². The third-order valence-corrected chi connectivity index (χ3v) is 2.68. The molecule has 1 atom stereocenters. The van der Waals surface area contributed by atoms with Crippen molar-refractivity contribution >= 4 is 24.8 Å². The van der Waals surface area contributed by atoms with Crippen LogP contribution in [-0.2, 0) is 16.1 Å². The molecule has 0 aliphatic carbocycles. The van der Waals surface area contributed by atoms with Crippen LogP contribution in [0.3, 0.4) is 0 Å². The Hall–Kier alpha value is -0.793. The van der Waals surface area contributed by atoms with Crippen LogP contribution in [0.2, 0.25) is 0 Å². The number of aliphatic carboxylic acids is 1. The van der Waals surface area contributed by atoms with Crippen molar-refractivity contribution in [3.8, 4) is 0 Å². The van der Waals surface area contributed by atoms with Gasteiger partial charge in [-0.05, 0) is 5.56 Å². The Labute approximate surface area is 113 Å². The van der Waals surface area contributed by atoms with Gasteiger partial charge in [-0.25, -0.2) is 4.79 Å². The molecule has 4 nitrogen and oxygen atoms in total. The summed E-state index contributed by atoms with van der Waals surface area (Å²) in [5.74, 6) is -0.877. The molecule has 1 unspecified atom stereocenters. The second-order valence-electron chi connectivity index (χ2n) is 3.92. The number of carbonyl (C=O) groups is 1. The van der Waals surface area contributed by atoms with E-state index in [2.05, 4.69) is 4.90 Å². The first kappa shape index (κ1) is 14.3. The molecular formula is C12H16LiNO3. The number of morpholine rings is 1. The van der Waals surface area contributed by atoms with Gasteiger partial charge in [0.1, 0.15) is 0 Å². The topological polar surface area (TPSA) is 49.8 Å². The maximum absolute atomic E-state index is 10.8. The van der Waals surface area contributed by atoms with E-state index in [1.165, 1.54) is 5.56 Å². The molecule has 1 aromatic carbocycles. The molecule has 0 radical (unpaired) electrons. The van der Waals surface area contributed by atoms with Crippen LogP contribution in [0.4, 0.5) is 0 Å². The van der Waals surface area contributed by atoms with Crippen LogP contribution in [0.1, 0.15) is 5.56 Å². The van der Waals surface area contributed by atoms with Crippen LogP contribution in [0.15, 0.2) is 30.3 Å². The predicted octanol–water partition coefficient (Wildman–Crippen LogP) is 0.323. The standard InChI is InChI=1S/C12H15NO3.Li.H/c14-12(15)11-9-13(6-7-16-11)8-10-4-2-1-3-5-10;;/h1-5,11H,6-9H2,(H,14,15);;. The van der Waals surface area contributed by atoms with Gasteiger partial charge in [0.15, 0.2) is 6.10 Å². The van der Waals surface area contributed by atoms with E-state index >= 15 is 0 Å². The molecule has 17 heavy (non-hydrogen) atoms. The molecule has 0 bridgehead atoms. The van der Waals surface area contributed by atoms with Crippen LogP contribution < -0.4 is 0 Å². The van der Waals surface area contributed by atoms with Crippen molar-refractivity contribution in [2.45, 2.75) is 12.6 Å². The molecule has 0 aromatic heterocycles. The van der Waals surface area contributed by atoms with E-state index in [0.29, 0.717) is 13.2 Å². The van der Waals surface area contributed by atoms with Gasteiger partial charge in [-0.3, -0.25) is 4.90 Å². The average Bonchev–Trinajstić information content (AvgIpc) is 2.30. The van der Waals surface area contributed by atoms with Gasteiger partial charge in [0.25, 0.3) is 0 Å². The van der Waals surface area contributed by atoms with Crippen molar-refractivity contribution in [1.29, 1.82) is 0 Å². The first-order valence-electron chi connectivity index (χ1n) is 5.36. The number of ether oxygens (including phenoxy) is 1. The Bertz CT molecular complexity index is 358. The number of nitrogens with zero attached hydrogens (tertiary/aromatic N) is 1. The minimum atomic E-state index is -0.877. The normalized spacial score (nSPS) is 20.6. The van der Waals surface area contributed by atoms with Crippen LogP contribution in [0.5, 0.6) is 0 Å². The van der Waals surface area contributed by atoms with Crippen molar-refractivity contribution in [3.63, 3.8) is 0 Å². The van der Waals surface area contributed by atoms with Gasteiger partial charge in [-0.2, -0.15) is 0 Å². The number of hydrogen-bond acceptors (Lipinski definition) is 3. The summed E-state index contributed by atoms with van der Waals surface area (Å²) in [6.45, 7) is 2.53. The first-order valence-corrected chi connectivity index (χ1v) is 5.36. The zero-order valence-electron chi connectivity index (χ0n) is 9.00. The van der Waals surface area contributed by atoms with Gasteiger partial charge < -0.3 is 9.84 Å². The summed E-state index contributed by atoms with van der Waals surface area (Å²) in [5, 5.41) is 8.87. The second kappa shape index (κ2) is 6.83. The van der Waals surface area contributed by atoms with E-state index in [4.69, 9.17) is 9.84 Å². The Morgan fingerprint density at radius 3 is 2.76 bits per heavy atom. The Balaban J connectivity index is 0.00000144. The van der Waals surface area contributed by atoms with E-state index in [-0.39, 0.29) is 18.9 Å². The first-order chi connectivity index (χ1) is 7.75. The Morgan fingerprint density at radius 2 is 2.12 bits per heavy atom. The van der Waals surface area contributed by atoms with E-state index in [9.17, 15) is 4.79 Å².